The monoisotopic (exact) mass is 171 g/mol. The van der Waals surface area contributed by atoms with Gasteiger partial charge < -0.3 is 10.2 Å². The Morgan fingerprint density at radius 3 is 2.08 bits per heavy atom. The van der Waals surface area contributed by atoms with Gasteiger partial charge in [0.1, 0.15) is 5.78 Å². The average Bonchev–Trinajstić information content (AvgIpc) is 2.21. The molecule has 4 heteroatoms. The number of fused-ring (bicyclic) bond motifs is 2. The molecule has 0 unspecified atom stereocenters. The van der Waals surface area contributed by atoms with E-state index in [1.54, 1.807) is 0 Å². The molecule has 4 atom stereocenters. The molecule has 2 aliphatic heterocycles. The Labute approximate surface area is 70.8 Å². The number of piperidine rings is 1. The van der Waals surface area contributed by atoms with Crippen molar-refractivity contribution in [1.82, 2.24) is 4.90 Å². The van der Waals surface area contributed by atoms with Gasteiger partial charge >= 0.3 is 0 Å². The van der Waals surface area contributed by atoms with Crippen LogP contribution in [0.1, 0.15) is 12.8 Å². The maximum atomic E-state index is 11.1. The third-order valence-electron chi connectivity index (χ3n) is 3.06. The maximum absolute atomic E-state index is 11.1. The van der Waals surface area contributed by atoms with Crippen LogP contribution in [0.15, 0.2) is 0 Å². The first kappa shape index (κ1) is 8.16. The Hall–Kier alpha value is -0.450. The number of carbonyl (C=O) groups excluding carboxylic acids is 1. The first-order valence-electron chi connectivity index (χ1n) is 4.21. The summed E-state index contributed by atoms with van der Waals surface area (Å²) in [5.41, 5.74) is 0. The third kappa shape index (κ3) is 0.920. The smallest absolute Gasteiger partial charge is 0.136 e. The van der Waals surface area contributed by atoms with Gasteiger partial charge in [0.15, 0.2) is 0 Å². The Morgan fingerprint density at radius 2 is 1.67 bits per heavy atom. The average molecular weight is 171 g/mol. The van der Waals surface area contributed by atoms with Crippen molar-refractivity contribution in [2.75, 3.05) is 7.05 Å². The van der Waals surface area contributed by atoms with Crippen LogP contribution in [0, 0.1) is 0 Å². The molecule has 2 rings (SSSR count). The summed E-state index contributed by atoms with van der Waals surface area (Å²) in [5.74, 6) is 0.152. The van der Waals surface area contributed by atoms with Crippen LogP contribution in [0.5, 0.6) is 0 Å². The maximum Gasteiger partial charge on any atom is 0.136 e. The second-order valence-electron chi connectivity index (χ2n) is 3.73. The quantitative estimate of drug-likeness (QED) is 0.478. The van der Waals surface area contributed by atoms with Gasteiger partial charge in [-0.1, -0.05) is 0 Å². The Kier molecular flexibility index (Phi) is 1.71. The van der Waals surface area contributed by atoms with E-state index in [0.717, 1.165) is 0 Å². The lowest BCUT2D eigenvalue weighted by molar-refractivity contribution is -0.124. The van der Waals surface area contributed by atoms with Gasteiger partial charge in [0.05, 0.1) is 12.2 Å². The second kappa shape index (κ2) is 2.52. The molecule has 2 fully saturated rings. The lowest BCUT2D eigenvalue weighted by Crippen LogP contribution is -2.43. The van der Waals surface area contributed by atoms with Crippen LogP contribution < -0.4 is 0 Å². The molecule has 2 aliphatic rings. The highest BCUT2D eigenvalue weighted by atomic mass is 16.3. The summed E-state index contributed by atoms with van der Waals surface area (Å²) >= 11 is 0. The molecular formula is C8H13NO3. The number of aliphatic hydroxyl groups excluding tert-OH is 2. The van der Waals surface area contributed by atoms with Crippen LogP contribution >= 0.6 is 0 Å². The zero-order valence-corrected chi connectivity index (χ0v) is 6.97. The van der Waals surface area contributed by atoms with Gasteiger partial charge in [-0.3, -0.25) is 9.69 Å². The number of hydrogen-bond donors (Lipinski definition) is 2. The van der Waals surface area contributed by atoms with Gasteiger partial charge in [-0.15, -0.1) is 0 Å². The number of aliphatic hydroxyl groups is 2. The number of Topliss-reactive ketones (excluding diaryl/α,β-unsaturated/α-hetero) is 1. The van der Waals surface area contributed by atoms with Crippen molar-refractivity contribution in [3.05, 3.63) is 0 Å². The van der Waals surface area contributed by atoms with Crippen molar-refractivity contribution in [1.29, 1.82) is 0 Å². The predicted octanol–water partition coefficient (Wildman–Crippen LogP) is -1.25. The van der Waals surface area contributed by atoms with E-state index in [1.165, 1.54) is 0 Å². The highest BCUT2D eigenvalue weighted by Gasteiger charge is 2.50. The fraction of sp³-hybridized carbons (Fsp3) is 0.875. The molecule has 0 aliphatic carbocycles. The van der Waals surface area contributed by atoms with Crippen LogP contribution in [-0.2, 0) is 4.79 Å². The first-order chi connectivity index (χ1) is 5.61. The molecule has 0 aromatic rings. The van der Waals surface area contributed by atoms with Crippen LogP contribution in [0.3, 0.4) is 0 Å². The topological polar surface area (TPSA) is 60.8 Å². The second-order valence-corrected chi connectivity index (χ2v) is 3.73. The summed E-state index contributed by atoms with van der Waals surface area (Å²) in [6.07, 6.45) is -0.728. The van der Waals surface area contributed by atoms with Gasteiger partial charge in [-0.2, -0.15) is 0 Å². The van der Waals surface area contributed by atoms with Crippen molar-refractivity contribution >= 4 is 5.78 Å². The van der Waals surface area contributed by atoms with E-state index < -0.39 is 12.2 Å². The van der Waals surface area contributed by atoms with Crippen LogP contribution in [-0.4, -0.2) is 52.2 Å². The van der Waals surface area contributed by atoms with E-state index >= 15 is 0 Å². The predicted molar refractivity (Wildman–Crippen MR) is 41.6 cm³/mol. The highest BCUT2D eigenvalue weighted by molar-refractivity contribution is 5.81. The summed E-state index contributed by atoms with van der Waals surface area (Å²) < 4.78 is 0. The summed E-state index contributed by atoms with van der Waals surface area (Å²) in [7, 11) is 1.85. The van der Waals surface area contributed by atoms with E-state index in [1.807, 2.05) is 11.9 Å². The zero-order valence-electron chi connectivity index (χ0n) is 6.97. The minimum atomic E-state index is -0.744. The van der Waals surface area contributed by atoms with Crippen molar-refractivity contribution in [3.8, 4) is 0 Å². The lowest BCUT2D eigenvalue weighted by atomic mass is 10.0. The summed E-state index contributed by atoms with van der Waals surface area (Å²) in [6.45, 7) is 0. The van der Waals surface area contributed by atoms with Crippen molar-refractivity contribution in [2.24, 2.45) is 0 Å². The van der Waals surface area contributed by atoms with Gasteiger partial charge in [0.25, 0.3) is 0 Å². The van der Waals surface area contributed by atoms with E-state index in [-0.39, 0.29) is 17.9 Å². The summed E-state index contributed by atoms with van der Waals surface area (Å²) in [6, 6.07) is -0.322. The Balaban J connectivity index is 2.26. The van der Waals surface area contributed by atoms with Crippen molar-refractivity contribution in [3.63, 3.8) is 0 Å². The van der Waals surface area contributed by atoms with E-state index in [9.17, 15) is 15.0 Å². The highest BCUT2D eigenvalue weighted by Crippen LogP contribution is 2.32. The molecule has 68 valence electrons. The molecule has 4 nitrogen and oxygen atoms in total. The number of carbonyl (C=O) groups is 1. The molecule has 2 saturated heterocycles. The number of ketones is 1. The molecule has 2 heterocycles. The molecule has 0 saturated carbocycles. The Morgan fingerprint density at radius 1 is 1.25 bits per heavy atom. The van der Waals surface area contributed by atoms with Crippen LogP contribution in [0.2, 0.25) is 0 Å². The van der Waals surface area contributed by atoms with Crippen LogP contribution in [0.25, 0.3) is 0 Å². The minimum Gasteiger partial charge on any atom is -0.389 e. The molecular weight excluding hydrogens is 158 g/mol. The molecule has 2 N–H and O–H groups in total. The normalized spacial score (nSPS) is 48.4. The third-order valence-corrected chi connectivity index (χ3v) is 3.06. The molecule has 2 bridgehead atoms. The van der Waals surface area contributed by atoms with Gasteiger partial charge in [-0.25, -0.2) is 0 Å². The molecule has 0 aromatic carbocycles. The standard InChI is InChI=1S/C8H13NO3/c1-9-5-2-4(10)3-6(9)8(12)7(5)11/h5-8,11-12H,2-3H2,1H3/t5-,6-,7-,8+/m1/s1. The van der Waals surface area contributed by atoms with E-state index in [2.05, 4.69) is 0 Å². The zero-order chi connectivity index (χ0) is 8.88. The van der Waals surface area contributed by atoms with Gasteiger partial charge in [0, 0.05) is 24.9 Å². The number of likely N-dealkylation sites (N-methyl/N-ethyl adjacent to an activating group) is 1. The Bertz CT molecular complexity index is 190. The van der Waals surface area contributed by atoms with Crippen LogP contribution in [0.4, 0.5) is 0 Å². The fourth-order valence-corrected chi connectivity index (χ4v) is 2.26. The lowest BCUT2D eigenvalue weighted by Gasteiger charge is -2.29. The number of hydrogen-bond acceptors (Lipinski definition) is 4. The van der Waals surface area contributed by atoms with E-state index in [0.29, 0.717) is 12.8 Å². The largest absolute Gasteiger partial charge is 0.389 e. The fourth-order valence-electron chi connectivity index (χ4n) is 2.26. The van der Waals surface area contributed by atoms with Crippen molar-refractivity contribution < 1.29 is 15.0 Å². The number of rotatable bonds is 0. The molecule has 0 radical (unpaired) electrons. The molecule has 0 amide bonds. The summed E-state index contributed by atoms with van der Waals surface area (Å²) in [5, 5.41) is 19.0. The summed E-state index contributed by atoms with van der Waals surface area (Å²) in [4.78, 5) is 13.0. The number of nitrogens with zero attached hydrogens (tertiary/aromatic N) is 1. The molecule has 0 aromatic heterocycles. The van der Waals surface area contributed by atoms with E-state index in [4.69, 9.17) is 0 Å². The minimum absolute atomic E-state index is 0.152. The van der Waals surface area contributed by atoms with Crippen molar-refractivity contribution in [2.45, 2.75) is 37.1 Å². The van der Waals surface area contributed by atoms with Gasteiger partial charge in [0.2, 0.25) is 0 Å². The molecule has 0 spiro atoms. The molecule has 12 heavy (non-hydrogen) atoms. The first-order valence-corrected chi connectivity index (χ1v) is 4.21. The SMILES string of the molecule is CN1[C@@H]2CC(=O)C[C@@H]1[C@@H](O)[C@H]2O. The van der Waals surface area contributed by atoms with Gasteiger partial charge in [-0.05, 0) is 7.05 Å².